The molecule has 10 heavy (non-hydrogen) atoms. The van der Waals surface area contributed by atoms with Crippen molar-refractivity contribution < 1.29 is 9.53 Å². The summed E-state index contributed by atoms with van der Waals surface area (Å²) >= 11 is 2.32. The monoisotopic (exact) mass is 254 g/mol. The molecule has 0 spiro atoms. The Morgan fingerprint density at radius 3 is 3.00 bits per heavy atom. The van der Waals surface area contributed by atoms with Gasteiger partial charge in [-0.05, 0) is 12.3 Å². The summed E-state index contributed by atoms with van der Waals surface area (Å²) in [6, 6.07) is 0. The second kappa shape index (κ2) is 3.55. The van der Waals surface area contributed by atoms with E-state index >= 15 is 0 Å². The zero-order chi connectivity index (χ0) is 7.56. The molecule has 0 aliphatic carbocycles. The maximum absolute atomic E-state index is 10.9. The number of hydrogen-bond donors (Lipinski definition) is 0. The Labute approximate surface area is 74.5 Å². The van der Waals surface area contributed by atoms with Crippen molar-refractivity contribution in [2.45, 2.75) is 13.3 Å². The highest BCUT2D eigenvalue weighted by Crippen LogP contribution is 2.23. The molecule has 2 atom stereocenters. The van der Waals surface area contributed by atoms with Crippen LogP contribution in [0.5, 0.6) is 0 Å². The second-order valence-corrected chi connectivity index (χ2v) is 3.54. The van der Waals surface area contributed by atoms with E-state index < -0.39 is 0 Å². The maximum atomic E-state index is 10.9. The lowest BCUT2D eigenvalue weighted by Crippen LogP contribution is -2.31. The first-order chi connectivity index (χ1) is 4.75. The lowest BCUT2D eigenvalue weighted by molar-refractivity contribution is -0.154. The molecule has 1 heterocycles. The summed E-state index contributed by atoms with van der Waals surface area (Å²) in [6.45, 7) is 2.57. The van der Waals surface area contributed by atoms with Crippen molar-refractivity contribution in [1.82, 2.24) is 0 Å². The second-order valence-electron chi connectivity index (χ2n) is 2.66. The Hall–Kier alpha value is 0.200. The number of esters is 1. The van der Waals surface area contributed by atoms with Crippen LogP contribution in [-0.4, -0.2) is 17.0 Å². The van der Waals surface area contributed by atoms with E-state index in [1.807, 2.05) is 6.92 Å². The van der Waals surface area contributed by atoms with Gasteiger partial charge in [-0.25, -0.2) is 0 Å². The van der Waals surface area contributed by atoms with Gasteiger partial charge in [-0.3, -0.25) is 4.79 Å². The minimum absolute atomic E-state index is 0.0204. The van der Waals surface area contributed by atoms with Gasteiger partial charge in [-0.1, -0.05) is 29.5 Å². The Bertz CT molecular complexity index is 136. The van der Waals surface area contributed by atoms with Crippen molar-refractivity contribution in [3.05, 3.63) is 0 Å². The van der Waals surface area contributed by atoms with Gasteiger partial charge in [-0.15, -0.1) is 0 Å². The smallest absolute Gasteiger partial charge is 0.308 e. The van der Waals surface area contributed by atoms with E-state index in [1.54, 1.807) is 0 Å². The lowest BCUT2D eigenvalue weighted by Gasteiger charge is -2.25. The van der Waals surface area contributed by atoms with E-state index in [2.05, 4.69) is 22.6 Å². The van der Waals surface area contributed by atoms with E-state index in [4.69, 9.17) is 4.74 Å². The molecule has 0 aromatic carbocycles. The third kappa shape index (κ3) is 1.62. The number of rotatable bonds is 1. The molecule has 1 aliphatic rings. The van der Waals surface area contributed by atoms with Crippen molar-refractivity contribution in [2.24, 2.45) is 11.8 Å². The number of hydrogen-bond acceptors (Lipinski definition) is 2. The van der Waals surface area contributed by atoms with Crippen LogP contribution >= 0.6 is 22.6 Å². The van der Waals surface area contributed by atoms with Crippen LogP contribution in [0.4, 0.5) is 0 Å². The number of carbonyl (C=O) groups excluding carboxylic acids is 1. The minimum Gasteiger partial charge on any atom is -0.465 e. The zero-order valence-electron chi connectivity index (χ0n) is 5.97. The van der Waals surface area contributed by atoms with Crippen LogP contribution in [0.3, 0.4) is 0 Å². The van der Waals surface area contributed by atoms with Crippen LogP contribution < -0.4 is 0 Å². The Morgan fingerprint density at radius 1 is 1.80 bits per heavy atom. The van der Waals surface area contributed by atoms with Gasteiger partial charge in [0, 0.05) is 4.43 Å². The summed E-state index contributed by atoms with van der Waals surface area (Å²) in [6.07, 6.45) is 1.04. The molecule has 0 bridgehead atoms. The molecule has 1 saturated heterocycles. The summed E-state index contributed by atoms with van der Waals surface area (Å²) in [5, 5.41) is 0. The molecule has 0 N–H and O–H groups in total. The number of cyclic esters (lactones) is 1. The molecule has 1 fully saturated rings. The van der Waals surface area contributed by atoms with Crippen molar-refractivity contribution in [3.8, 4) is 0 Å². The summed E-state index contributed by atoms with van der Waals surface area (Å²) in [4.78, 5) is 10.9. The normalized spacial score (nSPS) is 33.6. The van der Waals surface area contributed by atoms with E-state index in [-0.39, 0.29) is 11.9 Å². The maximum Gasteiger partial charge on any atom is 0.308 e. The third-order valence-corrected chi connectivity index (χ3v) is 3.14. The first-order valence-corrected chi connectivity index (χ1v) is 5.01. The Balaban J connectivity index is 2.51. The average molecular weight is 254 g/mol. The molecule has 0 radical (unpaired) electrons. The Morgan fingerprint density at radius 2 is 2.50 bits per heavy atom. The highest BCUT2D eigenvalue weighted by atomic mass is 127. The van der Waals surface area contributed by atoms with Crippen LogP contribution in [0.15, 0.2) is 0 Å². The van der Waals surface area contributed by atoms with Gasteiger partial charge in [0.15, 0.2) is 0 Å². The van der Waals surface area contributed by atoms with E-state index in [1.165, 1.54) is 0 Å². The first kappa shape index (κ1) is 8.30. The molecule has 1 aliphatic heterocycles. The van der Waals surface area contributed by atoms with Crippen LogP contribution in [-0.2, 0) is 9.53 Å². The summed E-state index contributed by atoms with van der Waals surface area (Å²) in [5.74, 6) is 0.639. The van der Waals surface area contributed by atoms with Crippen molar-refractivity contribution in [1.29, 1.82) is 0 Å². The van der Waals surface area contributed by atoms with E-state index in [0.29, 0.717) is 12.5 Å². The molecule has 0 amide bonds. The molecule has 2 nitrogen and oxygen atoms in total. The molecular weight excluding hydrogens is 243 g/mol. The lowest BCUT2D eigenvalue weighted by atomic mass is 9.91. The molecule has 58 valence electrons. The SMILES string of the molecule is C[C@@H]1C(=O)OCC[C@H]1CI. The molecule has 3 heteroatoms. The quantitative estimate of drug-likeness (QED) is 0.404. The van der Waals surface area contributed by atoms with Gasteiger partial charge >= 0.3 is 5.97 Å². The fourth-order valence-electron chi connectivity index (χ4n) is 1.10. The van der Waals surface area contributed by atoms with Gasteiger partial charge in [0.25, 0.3) is 0 Å². The van der Waals surface area contributed by atoms with Crippen LogP contribution in [0.1, 0.15) is 13.3 Å². The highest BCUT2D eigenvalue weighted by Gasteiger charge is 2.28. The van der Waals surface area contributed by atoms with Crippen molar-refractivity contribution in [2.75, 3.05) is 11.0 Å². The minimum atomic E-state index is -0.0204. The first-order valence-electron chi connectivity index (χ1n) is 3.48. The zero-order valence-corrected chi connectivity index (χ0v) is 8.13. The summed E-state index contributed by atoms with van der Waals surface area (Å²) in [5.41, 5.74) is 0. The fraction of sp³-hybridized carbons (Fsp3) is 0.857. The highest BCUT2D eigenvalue weighted by molar-refractivity contribution is 14.1. The van der Waals surface area contributed by atoms with Crippen LogP contribution in [0.25, 0.3) is 0 Å². The van der Waals surface area contributed by atoms with Crippen LogP contribution in [0, 0.1) is 11.8 Å². The number of halogens is 1. The van der Waals surface area contributed by atoms with E-state index in [9.17, 15) is 4.79 Å². The topological polar surface area (TPSA) is 26.3 Å². The van der Waals surface area contributed by atoms with Crippen molar-refractivity contribution in [3.63, 3.8) is 0 Å². The van der Waals surface area contributed by atoms with Crippen molar-refractivity contribution >= 4 is 28.6 Å². The number of alkyl halides is 1. The largest absolute Gasteiger partial charge is 0.465 e. The molecular formula is C7H11IO2. The number of carbonyl (C=O) groups is 1. The van der Waals surface area contributed by atoms with E-state index in [0.717, 1.165) is 10.8 Å². The number of ether oxygens (including phenoxy) is 1. The average Bonchev–Trinajstić information content (AvgIpc) is 1.95. The predicted octanol–water partition coefficient (Wildman–Crippen LogP) is 1.62. The molecule has 1 rings (SSSR count). The molecule has 0 aromatic rings. The standard InChI is InChI=1S/C7H11IO2/c1-5-6(4-8)2-3-10-7(5)9/h5-6H,2-4H2,1H3/t5-,6-/m0/s1. The molecule has 0 aromatic heterocycles. The summed E-state index contributed by atoms with van der Waals surface area (Å²) in [7, 11) is 0. The van der Waals surface area contributed by atoms with Gasteiger partial charge in [0.1, 0.15) is 0 Å². The van der Waals surface area contributed by atoms with Crippen LogP contribution in [0.2, 0.25) is 0 Å². The molecule has 0 unspecified atom stereocenters. The van der Waals surface area contributed by atoms with Gasteiger partial charge < -0.3 is 4.74 Å². The fourth-order valence-corrected chi connectivity index (χ4v) is 2.30. The molecule has 0 saturated carbocycles. The Kier molecular flexibility index (Phi) is 2.95. The van der Waals surface area contributed by atoms with Gasteiger partial charge in [0.05, 0.1) is 12.5 Å². The predicted molar refractivity (Wildman–Crippen MR) is 47.1 cm³/mol. The van der Waals surface area contributed by atoms with Gasteiger partial charge in [0.2, 0.25) is 0 Å². The third-order valence-electron chi connectivity index (χ3n) is 2.01. The summed E-state index contributed by atoms with van der Waals surface area (Å²) < 4.78 is 5.94. The van der Waals surface area contributed by atoms with Gasteiger partial charge in [-0.2, -0.15) is 0 Å².